The molecule has 1 atom stereocenters. The van der Waals surface area contributed by atoms with Crippen LogP contribution in [0.4, 0.5) is 0 Å². The van der Waals surface area contributed by atoms with Crippen molar-refractivity contribution in [1.82, 2.24) is 5.32 Å². The molecule has 4 nitrogen and oxygen atoms in total. The largest absolute Gasteiger partial charge is 0.456 e. The molecule has 0 saturated heterocycles. The SMILES string of the molecule is c1ccc(C2=NC(c3cccc4oc5cc(-c6cc7ccccc7c7ccccc67)ccc5c34)N=C(c3ccc4c(ccc5ccccc54)c3)N2)cc1. The van der Waals surface area contributed by atoms with Crippen LogP contribution in [-0.2, 0) is 0 Å². The maximum Gasteiger partial charge on any atom is 0.170 e. The van der Waals surface area contributed by atoms with Crippen LogP contribution in [0.5, 0.6) is 0 Å². The third-order valence-electron chi connectivity index (χ3n) is 10.7. The van der Waals surface area contributed by atoms with Crippen molar-refractivity contribution in [3.63, 3.8) is 0 Å². The van der Waals surface area contributed by atoms with Gasteiger partial charge in [-0.25, -0.2) is 9.98 Å². The number of aliphatic imine (C=N–C) groups is 2. The van der Waals surface area contributed by atoms with Crippen LogP contribution in [0.15, 0.2) is 190 Å². The Labute approximate surface area is 305 Å². The number of nitrogens with one attached hydrogen (secondary N) is 1. The minimum Gasteiger partial charge on any atom is -0.456 e. The van der Waals surface area contributed by atoms with E-state index in [2.05, 4.69) is 151 Å². The Morgan fingerprint density at radius 2 is 1.02 bits per heavy atom. The fourth-order valence-electron chi connectivity index (χ4n) is 8.17. The Morgan fingerprint density at radius 3 is 1.87 bits per heavy atom. The smallest absolute Gasteiger partial charge is 0.170 e. The monoisotopic (exact) mass is 677 g/mol. The summed E-state index contributed by atoms with van der Waals surface area (Å²) in [6, 6.07) is 62.2. The molecule has 0 spiro atoms. The summed E-state index contributed by atoms with van der Waals surface area (Å²) in [4.78, 5) is 10.6. The van der Waals surface area contributed by atoms with Crippen molar-refractivity contribution in [2.45, 2.75) is 6.17 Å². The normalized spacial score (nSPS) is 14.6. The highest BCUT2D eigenvalue weighted by molar-refractivity contribution is 6.19. The van der Waals surface area contributed by atoms with Crippen LogP contribution in [0.3, 0.4) is 0 Å². The van der Waals surface area contributed by atoms with E-state index in [1.165, 1.54) is 48.7 Å². The highest BCUT2D eigenvalue weighted by atomic mass is 16.3. The molecule has 1 aromatic heterocycles. The molecule has 2 heterocycles. The van der Waals surface area contributed by atoms with Gasteiger partial charge in [-0.05, 0) is 84.5 Å². The highest BCUT2D eigenvalue weighted by Crippen LogP contribution is 2.41. The number of furan rings is 1. The van der Waals surface area contributed by atoms with Gasteiger partial charge in [-0.2, -0.15) is 0 Å². The number of hydrogen-bond acceptors (Lipinski definition) is 4. The number of amidine groups is 2. The summed E-state index contributed by atoms with van der Waals surface area (Å²) in [6.45, 7) is 0. The quantitative estimate of drug-likeness (QED) is 0.189. The summed E-state index contributed by atoms with van der Waals surface area (Å²) in [7, 11) is 0. The summed E-state index contributed by atoms with van der Waals surface area (Å²) in [5.41, 5.74) is 7.00. The minimum absolute atomic E-state index is 0.484. The first-order valence-corrected chi connectivity index (χ1v) is 18.0. The molecule has 1 unspecified atom stereocenters. The summed E-state index contributed by atoms with van der Waals surface area (Å²) in [6.07, 6.45) is -0.484. The molecule has 248 valence electrons. The predicted molar refractivity (Wildman–Crippen MR) is 221 cm³/mol. The molecule has 0 radical (unpaired) electrons. The second-order valence-corrected chi connectivity index (χ2v) is 13.8. The van der Waals surface area contributed by atoms with Gasteiger partial charge in [-0.3, -0.25) is 0 Å². The van der Waals surface area contributed by atoms with E-state index in [0.29, 0.717) is 0 Å². The van der Waals surface area contributed by atoms with Crippen molar-refractivity contribution in [1.29, 1.82) is 0 Å². The molecule has 0 saturated carbocycles. The Bertz CT molecular complexity index is 3150. The van der Waals surface area contributed by atoms with Crippen LogP contribution < -0.4 is 5.32 Å². The van der Waals surface area contributed by atoms with Gasteiger partial charge in [-0.1, -0.05) is 146 Å². The maximum atomic E-state index is 6.64. The lowest BCUT2D eigenvalue weighted by atomic mass is 9.93. The Hall–Kier alpha value is -7.04. The first-order chi connectivity index (χ1) is 26.2. The van der Waals surface area contributed by atoms with Gasteiger partial charge in [0, 0.05) is 27.5 Å². The number of rotatable bonds is 4. The number of nitrogens with zero attached hydrogens (tertiary/aromatic N) is 2. The zero-order valence-electron chi connectivity index (χ0n) is 28.6. The van der Waals surface area contributed by atoms with Crippen LogP contribution in [0.1, 0.15) is 22.9 Å². The van der Waals surface area contributed by atoms with Gasteiger partial charge in [0.25, 0.3) is 0 Å². The van der Waals surface area contributed by atoms with E-state index >= 15 is 0 Å². The third kappa shape index (κ3) is 4.84. The van der Waals surface area contributed by atoms with E-state index in [1.54, 1.807) is 0 Å². The van der Waals surface area contributed by atoms with Crippen LogP contribution in [0.2, 0.25) is 0 Å². The minimum atomic E-state index is -0.484. The predicted octanol–water partition coefficient (Wildman–Crippen LogP) is 12.4. The van der Waals surface area contributed by atoms with Gasteiger partial charge in [0.05, 0.1) is 0 Å². The van der Waals surface area contributed by atoms with Crippen LogP contribution in [0, 0.1) is 0 Å². The van der Waals surface area contributed by atoms with E-state index < -0.39 is 6.17 Å². The maximum absolute atomic E-state index is 6.64. The van der Waals surface area contributed by atoms with E-state index in [1.807, 2.05) is 30.3 Å². The van der Waals surface area contributed by atoms with Gasteiger partial charge in [0.1, 0.15) is 22.8 Å². The lowest BCUT2D eigenvalue weighted by Gasteiger charge is -2.23. The molecule has 1 aliphatic rings. The first kappa shape index (κ1) is 29.7. The molecule has 10 aromatic rings. The fourth-order valence-corrected chi connectivity index (χ4v) is 8.17. The zero-order chi connectivity index (χ0) is 34.9. The van der Waals surface area contributed by atoms with Crippen molar-refractivity contribution in [2.24, 2.45) is 9.98 Å². The highest BCUT2D eigenvalue weighted by Gasteiger charge is 2.24. The topological polar surface area (TPSA) is 49.9 Å². The standard InChI is InChI=1S/C49H31N3O/c1-2-12-31(13-3-1)47-50-48(35-24-25-38-33(27-35)22-21-30-11-4-6-15-36(30)38)52-49(51-47)42-19-10-20-44-46(42)41-26-23-34(29-45(41)53-44)43-28-32-14-5-7-16-37(32)39-17-8-9-18-40(39)43/h1-29,49H,(H,50,51,52). The van der Waals surface area contributed by atoms with Crippen molar-refractivity contribution in [3.05, 3.63) is 193 Å². The summed E-state index contributed by atoms with van der Waals surface area (Å²) >= 11 is 0. The van der Waals surface area contributed by atoms with Crippen molar-refractivity contribution < 1.29 is 4.42 Å². The third-order valence-corrected chi connectivity index (χ3v) is 10.7. The van der Waals surface area contributed by atoms with Crippen molar-refractivity contribution in [2.75, 3.05) is 0 Å². The molecule has 4 heteroatoms. The van der Waals surface area contributed by atoms with E-state index in [0.717, 1.165) is 55.9 Å². The molecule has 1 aliphatic heterocycles. The molecule has 53 heavy (non-hydrogen) atoms. The average Bonchev–Trinajstić information content (AvgIpc) is 3.61. The summed E-state index contributed by atoms with van der Waals surface area (Å²) < 4.78 is 6.64. The Balaban J connectivity index is 1.07. The molecular formula is C49H31N3O. The summed E-state index contributed by atoms with van der Waals surface area (Å²) in [5, 5.41) is 15.5. The average molecular weight is 678 g/mol. The number of benzene rings is 9. The molecule has 1 N–H and O–H groups in total. The Morgan fingerprint density at radius 1 is 0.396 bits per heavy atom. The first-order valence-electron chi connectivity index (χ1n) is 18.0. The van der Waals surface area contributed by atoms with E-state index in [4.69, 9.17) is 14.4 Å². The van der Waals surface area contributed by atoms with E-state index in [-0.39, 0.29) is 0 Å². The van der Waals surface area contributed by atoms with Gasteiger partial charge >= 0.3 is 0 Å². The molecule has 0 bridgehead atoms. The number of fused-ring (bicyclic) bond motifs is 9. The van der Waals surface area contributed by atoms with Gasteiger partial charge in [0.15, 0.2) is 6.17 Å². The molecule has 0 fully saturated rings. The van der Waals surface area contributed by atoms with Gasteiger partial charge in [-0.15, -0.1) is 0 Å². The lowest BCUT2D eigenvalue weighted by Crippen LogP contribution is -2.36. The molecular weight excluding hydrogens is 647 g/mol. The molecule has 0 amide bonds. The number of hydrogen-bond donors (Lipinski definition) is 1. The van der Waals surface area contributed by atoms with Crippen LogP contribution in [-0.4, -0.2) is 11.7 Å². The van der Waals surface area contributed by atoms with Crippen molar-refractivity contribution in [3.8, 4) is 11.1 Å². The fraction of sp³-hybridized carbons (Fsp3) is 0.0204. The lowest BCUT2D eigenvalue weighted by molar-refractivity contribution is 0.668. The van der Waals surface area contributed by atoms with Gasteiger partial charge in [0.2, 0.25) is 0 Å². The summed E-state index contributed by atoms with van der Waals surface area (Å²) in [5.74, 6) is 1.57. The zero-order valence-corrected chi connectivity index (χ0v) is 28.6. The Kier molecular flexibility index (Phi) is 6.58. The second kappa shape index (κ2) is 11.8. The van der Waals surface area contributed by atoms with Gasteiger partial charge < -0.3 is 9.73 Å². The van der Waals surface area contributed by atoms with Crippen LogP contribution in [0.25, 0.3) is 76.2 Å². The van der Waals surface area contributed by atoms with Crippen molar-refractivity contribution >= 4 is 76.7 Å². The second-order valence-electron chi connectivity index (χ2n) is 13.8. The molecule has 11 rings (SSSR count). The molecule has 0 aliphatic carbocycles. The molecule has 9 aromatic carbocycles. The van der Waals surface area contributed by atoms with E-state index in [9.17, 15) is 0 Å². The van der Waals surface area contributed by atoms with Crippen LogP contribution >= 0.6 is 0 Å².